The molecule has 2 aromatic carbocycles. The molecule has 0 bridgehead atoms. The number of aromatic nitrogens is 1. The van der Waals surface area contributed by atoms with Gasteiger partial charge >= 0.3 is 0 Å². The van der Waals surface area contributed by atoms with E-state index < -0.39 is 11.9 Å². The molecule has 1 saturated carbocycles. The standard InChI is InChI=1S/C27H29Cl2N3O3S/c1-2-35-21-15-13-19(14-16-21)24(26(33)30-20-11-7-4-8-12-20)32(17-18-9-5-3-6-10-18)27(34)23-22(28)25(29)36-31-23/h3,5-6,9-10,13-16,20,24H,2,4,7-8,11-12,17H2,1H3,(H,30,33)/t24-/m1/s1. The van der Waals surface area contributed by atoms with Crippen molar-refractivity contribution in [2.45, 2.75) is 57.7 Å². The summed E-state index contributed by atoms with van der Waals surface area (Å²) < 4.78 is 10.0. The van der Waals surface area contributed by atoms with Crippen molar-refractivity contribution in [1.82, 2.24) is 14.6 Å². The molecule has 1 atom stereocenters. The molecule has 0 saturated heterocycles. The Morgan fingerprint density at radius 1 is 1.08 bits per heavy atom. The number of nitrogens with one attached hydrogen (secondary N) is 1. The monoisotopic (exact) mass is 545 g/mol. The Bertz CT molecular complexity index is 1160. The molecule has 1 heterocycles. The number of carbonyl (C=O) groups excluding carboxylic acids is 2. The first-order valence-electron chi connectivity index (χ1n) is 12.2. The van der Waals surface area contributed by atoms with Crippen LogP contribution in [0.15, 0.2) is 54.6 Å². The number of rotatable bonds is 9. The van der Waals surface area contributed by atoms with Crippen molar-refractivity contribution in [1.29, 1.82) is 0 Å². The SMILES string of the molecule is CCOc1ccc([C@H](C(=O)NC2CCCCC2)N(Cc2ccccc2)C(=O)c2nsc(Cl)c2Cl)cc1. The number of carbonyl (C=O) groups is 2. The summed E-state index contributed by atoms with van der Waals surface area (Å²) in [7, 11) is 0. The van der Waals surface area contributed by atoms with Gasteiger partial charge in [0.25, 0.3) is 5.91 Å². The highest BCUT2D eigenvalue weighted by atomic mass is 35.5. The number of amides is 2. The lowest BCUT2D eigenvalue weighted by Gasteiger charge is -2.33. The van der Waals surface area contributed by atoms with Gasteiger partial charge in [-0.3, -0.25) is 9.59 Å². The third kappa shape index (κ3) is 6.38. The molecule has 0 unspecified atom stereocenters. The second-order valence-electron chi connectivity index (χ2n) is 8.79. The molecule has 0 aliphatic heterocycles. The minimum absolute atomic E-state index is 0.0454. The zero-order valence-corrected chi connectivity index (χ0v) is 22.4. The molecule has 1 aliphatic carbocycles. The molecule has 36 heavy (non-hydrogen) atoms. The highest BCUT2D eigenvalue weighted by Gasteiger charge is 2.35. The Labute approximate surface area is 225 Å². The van der Waals surface area contributed by atoms with Gasteiger partial charge in [0.1, 0.15) is 21.2 Å². The largest absolute Gasteiger partial charge is 0.494 e. The highest BCUT2D eigenvalue weighted by Crippen LogP contribution is 2.34. The summed E-state index contributed by atoms with van der Waals surface area (Å²) in [5, 5.41) is 3.31. The fraction of sp³-hybridized carbons (Fsp3) is 0.370. The van der Waals surface area contributed by atoms with E-state index in [0.29, 0.717) is 17.9 Å². The molecule has 9 heteroatoms. The highest BCUT2D eigenvalue weighted by molar-refractivity contribution is 7.11. The fourth-order valence-corrected chi connectivity index (χ4v) is 5.49. The molecule has 3 aromatic rings. The molecule has 1 aromatic heterocycles. The van der Waals surface area contributed by atoms with Crippen molar-refractivity contribution in [3.63, 3.8) is 0 Å². The van der Waals surface area contributed by atoms with Gasteiger partial charge in [-0.1, -0.05) is 84.9 Å². The summed E-state index contributed by atoms with van der Waals surface area (Å²) in [5.41, 5.74) is 1.60. The number of ether oxygens (including phenoxy) is 1. The maximum absolute atomic E-state index is 13.9. The minimum Gasteiger partial charge on any atom is -0.494 e. The van der Waals surface area contributed by atoms with Crippen LogP contribution in [0.1, 0.15) is 66.7 Å². The second kappa shape index (κ2) is 12.6. The molecule has 190 valence electrons. The fourth-order valence-electron chi connectivity index (χ4n) is 4.50. The van der Waals surface area contributed by atoms with Crippen molar-refractivity contribution in [3.8, 4) is 5.75 Å². The Morgan fingerprint density at radius 3 is 2.39 bits per heavy atom. The van der Waals surface area contributed by atoms with E-state index in [9.17, 15) is 9.59 Å². The van der Waals surface area contributed by atoms with Crippen molar-refractivity contribution in [2.24, 2.45) is 0 Å². The number of halogens is 2. The average molecular weight is 547 g/mol. The van der Waals surface area contributed by atoms with Crippen LogP contribution in [-0.4, -0.2) is 33.7 Å². The van der Waals surface area contributed by atoms with Crippen LogP contribution in [0.4, 0.5) is 0 Å². The Balaban J connectivity index is 1.75. The zero-order valence-electron chi connectivity index (χ0n) is 20.1. The number of hydrogen-bond acceptors (Lipinski definition) is 5. The van der Waals surface area contributed by atoms with Crippen molar-refractivity contribution < 1.29 is 14.3 Å². The van der Waals surface area contributed by atoms with Gasteiger partial charge in [-0.15, -0.1) is 0 Å². The van der Waals surface area contributed by atoms with E-state index in [4.69, 9.17) is 27.9 Å². The smallest absolute Gasteiger partial charge is 0.276 e. The second-order valence-corrected chi connectivity index (χ2v) is 10.5. The molecular formula is C27H29Cl2N3O3S. The molecule has 2 amide bonds. The first-order valence-corrected chi connectivity index (χ1v) is 13.7. The van der Waals surface area contributed by atoms with Crippen LogP contribution in [-0.2, 0) is 11.3 Å². The van der Waals surface area contributed by atoms with E-state index in [0.717, 1.165) is 42.8 Å². The third-order valence-corrected chi connectivity index (χ3v) is 7.89. The van der Waals surface area contributed by atoms with Crippen LogP contribution >= 0.6 is 34.7 Å². The van der Waals surface area contributed by atoms with Gasteiger partial charge in [0.2, 0.25) is 5.91 Å². The quantitative estimate of drug-likeness (QED) is 0.325. The van der Waals surface area contributed by atoms with Gasteiger partial charge in [-0.05, 0) is 54.6 Å². The predicted octanol–water partition coefficient (Wildman–Crippen LogP) is 6.68. The van der Waals surface area contributed by atoms with Gasteiger partial charge in [-0.25, -0.2) is 0 Å². The summed E-state index contributed by atoms with van der Waals surface area (Å²) in [4.78, 5) is 29.3. The van der Waals surface area contributed by atoms with Crippen LogP contribution in [0.25, 0.3) is 0 Å². The van der Waals surface area contributed by atoms with Crippen LogP contribution < -0.4 is 10.1 Å². The predicted molar refractivity (Wildman–Crippen MR) is 144 cm³/mol. The van der Waals surface area contributed by atoms with E-state index >= 15 is 0 Å². The van der Waals surface area contributed by atoms with Gasteiger partial charge in [0, 0.05) is 12.6 Å². The average Bonchev–Trinajstić information content (AvgIpc) is 3.23. The topological polar surface area (TPSA) is 71.5 Å². The lowest BCUT2D eigenvalue weighted by atomic mass is 9.94. The maximum atomic E-state index is 13.9. The maximum Gasteiger partial charge on any atom is 0.276 e. The van der Waals surface area contributed by atoms with Gasteiger partial charge < -0.3 is 15.0 Å². The first-order chi connectivity index (χ1) is 17.5. The minimum atomic E-state index is -0.896. The van der Waals surface area contributed by atoms with Crippen LogP contribution in [0, 0.1) is 0 Å². The molecule has 4 rings (SSSR count). The molecule has 6 nitrogen and oxygen atoms in total. The van der Waals surface area contributed by atoms with Crippen molar-refractivity contribution in [3.05, 3.63) is 80.8 Å². The van der Waals surface area contributed by atoms with Crippen LogP contribution in [0.2, 0.25) is 9.36 Å². The summed E-state index contributed by atoms with van der Waals surface area (Å²) >= 11 is 13.4. The summed E-state index contributed by atoms with van der Waals surface area (Å²) in [6.07, 6.45) is 5.21. The van der Waals surface area contributed by atoms with Crippen LogP contribution in [0.5, 0.6) is 5.75 Å². The van der Waals surface area contributed by atoms with Gasteiger partial charge in [-0.2, -0.15) is 4.37 Å². The van der Waals surface area contributed by atoms with E-state index in [1.165, 1.54) is 11.3 Å². The lowest BCUT2D eigenvalue weighted by molar-refractivity contribution is -0.127. The first kappa shape index (κ1) is 26.5. The Morgan fingerprint density at radius 2 is 1.78 bits per heavy atom. The molecule has 1 aliphatic rings. The van der Waals surface area contributed by atoms with E-state index in [2.05, 4.69) is 9.69 Å². The summed E-state index contributed by atoms with van der Waals surface area (Å²) in [6.45, 7) is 2.64. The Kier molecular flexibility index (Phi) is 9.24. The number of benzene rings is 2. The van der Waals surface area contributed by atoms with E-state index in [1.54, 1.807) is 0 Å². The molecule has 0 radical (unpaired) electrons. The number of nitrogens with zero attached hydrogens (tertiary/aromatic N) is 2. The molecular weight excluding hydrogens is 517 g/mol. The van der Waals surface area contributed by atoms with Crippen molar-refractivity contribution >= 4 is 46.5 Å². The van der Waals surface area contributed by atoms with Crippen LogP contribution in [0.3, 0.4) is 0 Å². The van der Waals surface area contributed by atoms with Gasteiger partial charge in [0.15, 0.2) is 5.69 Å². The van der Waals surface area contributed by atoms with Crippen molar-refractivity contribution in [2.75, 3.05) is 6.61 Å². The third-order valence-electron chi connectivity index (χ3n) is 6.28. The zero-order chi connectivity index (χ0) is 25.5. The lowest BCUT2D eigenvalue weighted by Crippen LogP contribution is -2.47. The van der Waals surface area contributed by atoms with Gasteiger partial charge in [0.05, 0.1) is 6.61 Å². The van der Waals surface area contributed by atoms with E-state index in [1.807, 2.05) is 61.5 Å². The molecule has 0 spiro atoms. The summed E-state index contributed by atoms with van der Waals surface area (Å²) in [5.74, 6) is 0.0143. The Hall–Kier alpha value is -2.61. The number of hydrogen-bond donors (Lipinski definition) is 1. The summed E-state index contributed by atoms with van der Waals surface area (Å²) in [6, 6.07) is 16.0. The normalized spacial score (nSPS) is 14.8. The molecule has 1 N–H and O–H groups in total. The van der Waals surface area contributed by atoms with E-state index in [-0.39, 0.29) is 33.5 Å². The molecule has 1 fully saturated rings.